The maximum atomic E-state index is 5.82. The fourth-order valence-electron chi connectivity index (χ4n) is 2.23. The van der Waals surface area contributed by atoms with Gasteiger partial charge in [0.15, 0.2) is 23.0 Å². The lowest BCUT2D eigenvalue weighted by Gasteiger charge is -2.17. The molecule has 4 nitrogen and oxygen atoms in total. The summed E-state index contributed by atoms with van der Waals surface area (Å²) < 4.78 is 23.4. The molecule has 3 rings (SSSR count). The van der Waals surface area contributed by atoms with Crippen LogP contribution in [-0.2, 0) is 0 Å². The molecule has 112 valence electrons. The first-order valence-electron chi connectivity index (χ1n) is 6.47. The Hall–Kier alpha value is -1.53. The predicted molar refractivity (Wildman–Crippen MR) is 85.6 cm³/mol. The van der Waals surface area contributed by atoms with Gasteiger partial charge in [-0.3, -0.25) is 0 Å². The Labute approximate surface area is 132 Å². The summed E-state index contributed by atoms with van der Waals surface area (Å²) in [5, 5.41) is 0. The fourth-order valence-corrected chi connectivity index (χ4v) is 4.07. The molecule has 21 heavy (non-hydrogen) atoms. The van der Waals surface area contributed by atoms with Crippen molar-refractivity contribution in [3.8, 4) is 33.4 Å². The number of thioether (sulfide) groups is 1. The van der Waals surface area contributed by atoms with E-state index in [0.29, 0.717) is 24.7 Å². The highest BCUT2D eigenvalue weighted by atomic mass is 32.2. The monoisotopic (exact) mass is 324 g/mol. The summed E-state index contributed by atoms with van der Waals surface area (Å²) in [6.07, 6.45) is 2.04. The van der Waals surface area contributed by atoms with Crippen LogP contribution < -0.4 is 18.9 Å². The van der Waals surface area contributed by atoms with E-state index in [1.54, 1.807) is 37.3 Å². The van der Waals surface area contributed by atoms with E-state index < -0.39 is 0 Å². The van der Waals surface area contributed by atoms with Gasteiger partial charge in [-0.1, -0.05) is 0 Å². The van der Waals surface area contributed by atoms with E-state index in [2.05, 4.69) is 0 Å². The molecule has 1 aromatic carbocycles. The fraction of sp³-hybridized carbons (Fsp3) is 0.333. The van der Waals surface area contributed by atoms with Crippen molar-refractivity contribution in [2.24, 2.45) is 0 Å². The van der Waals surface area contributed by atoms with Crippen LogP contribution in [0.1, 0.15) is 0 Å². The minimum atomic E-state index is 0.581. The Bertz CT molecular complexity index is 651. The molecule has 0 radical (unpaired) electrons. The smallest absolute Gasteiger partial charge is 0.186 e. The van der Waals surface area contributed by atoms with Gasteiger partial charge in [0.05, 0.1) is 19.1 Å². The topological polar surface area (TPSA) is 36.9 Å². The van der Waals surface area contributed by atoms with E-state index in [1.165, 1.54) is 0 Å². The highest BCUT2D eigenvalue weighted by molar-refractivity contribution is 8.00. The van der Waals surface area contributed by atoms with E-state index in [0.717, 1.165) is 26.1 Å². The Morgan fingerprint density at radius 1 is 1.05 bits per heavy atom. The summed E-state index contributed by atoms with van der Waals surface area (Å²) in [4.78, 5) is 1.06. The first kappa shape index (κ1) is 14.4. The molecule has 0 bridgehead atoms. The van der Waals surface area contributed by atoms with E-state index in [4.69, 9.17) is 18.9 Å². The van der Waals surface area contributed by atoms with Crippen LogP contribution in [0.4, 0.5) is 0 Å². The second kappa shape index (κ2) is 6.07. The van der Waals surface area contributed by atoms with E-state index in [9.17, 15) is 0 Å². The van der Waals surface area contributed by atoms with E-state index in [-0.39, 0.29) is 0 Å². The summed E-state index contributed by atoms with van der Waals surface area (Å²) >= 11 is 3.35. The number of thiophene rings is 1. The van der Waals surface area contributed by atoms with Crippen molar-refractivity contribution in [2.75, 3.05) is 33.7 Å². The molecule has 1 aromatic heterocycles. The Morgan fingerprint density at radius 3 is 2.43 bits per heavy atom. The first-order chi connectivity index (χ1) is 10.3. The van der Waals surface area contributed by atoms with Crippen LogP contribution >= 0.6 is 23.1 Å². The van der Waals surface area contributed by atoms with Gasteiger partial charge in [-0.2, -0.15) is 0 Å². The summed E-state index contributed by atoms with van der Waals surface area (Å²) in [6, 6.07) is 5.88. The molecular weight excluding hydrogens is 308 g/mol. The van der Waals surface area contributed by atoms with Gasteiger partial charge in [-0.25, -0.2) is 0 Å². The van der Waals surface area contributed by atoms with Crippen molar-refractivity contribution in [3.05, 3.63) is 18.2 Å². The van der Waals surface area contributed by atoms with Crippen LogP contribution in [0.25, 0.3) is 10.4 Å². The second-order valence-electron chi connectivity index (χ2n) is 4.35. The van der Waals surface area contributed by atoms with Crippen molar-refractivity contribution >= 4 is 23.1 Å². The van der Waals surface area contributed by atoms with Crippen LogP contribution in [-0.4, -0.2) is 33.7 Å². The van der Waals surface area contributed by atoms with Gasteiger partial charge in [-0.15, -0.1) is 23.1 Å². The zero-order valence-corrected chi connectivity index (χ0v) is 13.7. The van der Waals surface area contributed by atoms with Crippen molar-refractivity contribution in [3.63, 3.8) is 0 Å². The lowest BCUT2D eigenvalue weighted by Crippen LogP contribution is -2.14. The van der Waals surface area contributed by atoms with Crippen molar-refractivity contribution in [1.82, 2.24) is 0 Å². The highest BCUT2D eigenvalue weighted by Crippen LogP contribution is 2.53. The lowest BCUT2D eigenvalue weighted by molar-refractivity contribution is 0.170. The predicted octanol–water partition coefficient (Wildman–Crippen LogP) is 3.93. The zero-order valence-electron chi connectivity index (χ0n) is 12.1. The normalized spacial score (nSPS) is 13.1. The number of ether oxygens (including phenoxy) is 4. The summed E-state index contributed by atoms with van der Waals surface area (Å²) in [5.74, 6) is 3.12. The van der Waals surface area contributed by atoms with Gasteiger partial charge in [0.2, 0.25) is 0 Å². The Morgan fingerprint density at radius 2 is 1.76 bits per heavy atom. The van der Waals surface area contributed by atoms with Crippen molar-refractivity contribution < 1.29 is 18.9 Å². The molecule has 0 spiro atoms. The minimum Gasteiger partial charge on any atom is -0.493 e. The molecule has 0 aliphatic carbocycles. The minimum absolute atomic E-state index is 0.581. The average Bonchev–Trinajstić information content (AvgIpc) is 2.93. The molecule has 0 saturated carbocycles. The van der Waals surface area contributed by atoms with Crippen LogP contribution in [0, 0.1) is 0 Å². The Kier molecular flexibility index (Phi) is 4.17. The molecule has 2 heterocycles. The van der Waals surface area contributed by atoms with E-state index >= 15 is 0 Å². The largest absolute Gasteiger partial charge is 0.493 e. The average molecular weight is 324 g/mol. The van der Waals surface area contributed by atoms with Gasteiger partial charge in [0.1, 0.15) is 17.4 Å². The maximum absolute atomic E-state index is 5.82. The van der Waals surface area contributed by atoms with Crippen LogP contribution in [0.3, 0.4) is 0 Å². The number of fused-ring (bicyclic) bond motifs is 1. The molecule has 1 aliphatic heterocycles. The van der Waals surface area contributed by atoms with Gasteiger partial charge in [0.25, 0.3) is 0 Å². The molecule has 0 unspecified atom stereocenters. The molecule has 1 aliphatic rings. The maximum Gasteiger partial charge on any atom is 0.186 e. The number of hydrogen-bond donors (Lipinski definition) is 0. The molecule has 6 heteroatoms. The van der Waals surface area contributed by atoms with E-state index in [1.807, 2.05) is 24.5 Å². The SMILES string of the molecule is COc1ccc(-c2sc(SC)c3c2OCCO3)cc1OC. The standard InChI is InChI=1S/C15H16O4S2/c1-16-10-5-4-9(8-11(10)17-2)14-12-13(15(20-3)21-14)19-7-6-18-12/h4-5,8H,6-7H2,1-3H3. The third-order valence-electron chi connectivity index (χ3n) is 3.20. The number of methoxy groups -OCH3 is 2. The van der Waals surface area contributed by atoms with Gasteiger partial charge >= 0.3 is 0 Å². The Balaban J connectivity index is 2.10. The number of hydrogen-bond acceptors (Lipinski definition) is 6. The summed E-state index contributed by atoms with van der Waals surface area (Å²) in [7, 11) is 3.27. The third-order valence-corrected chi connectivity index (χ3v) is 5.50. The van der Waals surface area contributed by atoms with Crippen LogP contribution in [0.2, 0.25) is 0 Å². The van der Waals surface area contributed by atoms with Crippen molar-refractivity contribution in [2.45, 2.75) is 4.21 Å². The molecular formula is C15H16O4S2. The quantitative estimate of drug-likeness (QED) is 0.797. The molecule has 0 amide bonds. The number of rotatable bonds is 4. The van der Waals surface area contributed by atoms with Gasteiger partial charge in [-0.05, 0) is 30.0 Å². The van der Waals surface area contributed by atoms with Crippen molar-refractivity contribution in [1.29, 1.82) is 0 Å². The second-order valence-corrected chi connectivity index (χ2v) is 6.44. The van der Waals surface area contributed by atoms with Gasteiger partial charge in [0, 0.05) is 0 Å². The molecule has 0 saturated heterocycles. The third kappa shape index (κ3) is 2.53. The lowest BCUT2D eigenvalue weighted by atomic mass is 10.1. The molecule has 0 atom stereocenters. The molecule has 2 aromatic rings. The molecule has 0 fully saturated rings. The van der Waals surface area contributed by atoms with Gasteiger partial charge < -0.3 is 18.9 Å². The molecule has 0 N–H and O–H groups in total. The van der Waals surface area contributed by atoms with Crippen LogP contribution in [0.15, 0.2) is 22.4 Å². The zero-order chi connectivity index (χ0) is 14.8. The number of benzene rings is 1. The first-order valence-corrected chi connectivity index (χ1v) is 8.51. The highest BCUT2D eigenvalue weighted by Gasteiger charge is 2.25. The summed E-state index contributed by atoms with van der Waals surface area (Å²) in [5.41, 5.74) is 1.04. The van der Waals surface area contributed by atoms with Crippen LogP contribution in [0.5, 0.6) is 23.0 Å². The summed E-state index contributed by atoms with van der Waals surface area (Å²) in [6.45, 7) is 1.18.